The number of hydrogen-bond donors (Lipinski definition) is 2. The zero-order valence-corrected chi connectivity index (χ0v) is 7.72. The van der Waals surface area contributed by atoms with Crippen molar-refractivity contribution >= 4 is 0 Å². The Morgan fingerprint density at radius 2 is 2.09 bits per heavy atom. The van der Waals surface area contributed by atoms with E-state index in [1.807, 2.05) is 0 Å². The third-order valence-electron chi connectivity index (χ3n) is 2.43. The summed E-state index contributed by atoms with van der Waals surface area (Å²) in [6.07, 6.45) is 2.55. The van der Waals surface area contributed by atoms with Crippen molar-refractivity contribution in [3.63, 3.8) is 0 Å². The highest BCUT2D eigenvalue weighted by Gasteiger charge is 2.40. The number of aliphatic hydroxyl groups excluding tert-OH is 1. The molecule has 1 unspecified atom stereocenters. The van der Waals surface area contributed by atoms with Gasteiger partial charge in [-0.05, 0) is 25.7 Å². The fourth-order valence-electron chi connectivity index (χ4n) is 1.67. The summed E-state index contributed by atoms with van der Waals surface area (Å²) in [6, 6.07) is 0.466. The maximum atomic E-state index is 9.18. The topological polar surface area (TPSA) is 32.3 Å². The van der Waals surface area contributed by atoms with Gasteiger partial charge in [0.25, 0.3) is 0 Å². The van der Waals surface area contributed by atoms with Gasteiger partial charge in [-0.25, -0.2) is 0 Å². The Kier molecular flexibility index (Phi) is 2.55. The van der Waals surface area contributed by atoms with Gasteiger partial charge in [0.2, 0.25) is 0 Å². The van der Waals surface area contributed by atoms with E-state index < -0.39 is 0 Å². The van der Waals surface area contributed by atoms with Gasteiger partial charge < -0.3 is 10.4 Å². The van der Waals surface area contributed by atoms with Crippen LogP contribution in [-0.2, 0) is 0 Å². The largest absolute Gasteiger partial charge is 0.394 e. The van der Waals surface area contributed by atoms with Crippen molar-refractivity contribution in [2.45, 2.75) is 45.2 Å². The maximum Gasteiger partial charge on any atom is 0.0613 e. The lowest BCUT2D eigenvalue weighted by molar-refractivity contribution is 0.146. The van der Waals surface area contributed by atoms with Crippen LogP contribution in [0.15, 0.2) is 0 Å². The molecule has 11 heavy (non-hydrogen) atoms. The Labute approximate surface area is 69.0 Å². The quantitative estimate of drug-likeness (QED) is 0.641. The summed E-state index contributed by atoms with van der Waals surface area (Å²) >= 11 is 0. The van der Waals surface area contributed by atoms with Crippen molar-refractivity contribution < 1.29 is 5.11 Å². The molecule has 1 aliphatic rings. The molecule has 2 N–H and O–H groups in total. The number of hydrogen-bond acceptors (Lipinski definition) is 2. The Balaban J connectivity index is 2.44. The third-order valence-corrected chi connectivity index (χ3v) is 2.43. The van der Waals surface area contributed by atoms with E-state index in [2.05, 4.69) is 26.1 Å². The molecule has 1 atom stereocenters. The lowest BCUT2D eigenvalue weighted by Gasteiger charge is -2.31. The Bertz CT molecular complexity index is 132. The van der Waals surface area contributed by atoms with E-state index in [4.69, 9.17) is 0 Å². The first-order chi connectivity index (χ1) is 5.08. The van der Waals surface area contributed by atoms with Crippen molar-refractivity contribution in [2.75, 3.05) is 6.61 Å². The summed E-state index contributed by atoms with van der Waals surface area (Å²) in [5, 5.41) is 12.6. The Hall–Kier alpha value is -0.0800. The highest BCUT2D eigenvalue weighted by atomic mass is 16.3. The smallest absolute Gasteiger partial charge is 0.0613 e. The van der Waals surface area contributed by atoms with E-state index in [0.29, 0.717) is 12.0 Å². The fourth-order valence-corrected chi connectivity index (χ4v) is 1.67. The van der Waals surface area contributed by atoms with Gasteiger partial charge in [-0.2, -0.15) is 0 Å². The molecule has 0 aromatic carbocycles. The molecule has 66 valence electrons. The van der Waals surface area contributed by atoms with Crippen LogP contribution in [-0.4, -0.2) is 23.3 Å². The van der Waals surface area contributed by atoms with E-state index in [1.165, 1.54) is 12.8 Å². The predicted molar refractivity (Wildman–Crippen MR) is 46.5 cm³/mol. The minimum Gasteiger partial charge on any atom is -0.394 e. The molecule has 0 heterocycles. The van der Waals surface area contributed by atoms with Gasteiger partial charge in [0.1, 0.15) is 0 Å². The molecule has 0 bridgehead atoms. The average Bonchev–Trinajstić information content (AvgIpc) is 2.66. The molecule has 1 fully saturated rings. The summed E-state index contributed by atoms with van der Waals surface area (Å²) < 4.78 is 0. The zero-order chi connectivity index (χ0) is 8.48. The van der Waals surface area contributed by atoms with E-state index in [-0.39, 0.29) is 12.1 Å². The highest BCUT2D eigenvalue weighted by molar-refractivity contribution is 4.98. The van der Waals surface area contributed by atoms with Gasteiger partial charge in [-0.1, -0.05) is 13.8 Å². The first-order valence-corrected chi connectivity index (χ1v) is 4.47. The van der Waals surface area contributed by atoms with E-state index in [9.17, 15) is 5.11 Å². The highest BCUT2D eigenvalue weighted by Crippen LogP contribution is 2.39. The minimum atomic E-state index is -0.0197. The van der Waals surface area contributed by atoms with Gasteiger partial charge in [0.05, 0.1) is 6.61 Å². The summed E-state index contributed by atoms with van der Waals surface area (Å²) in [7, 11) is 0. The van der Waals surface area contributed by atoms with Gasteiger partial charge in [0, 0.05) is 11.6 Å². The van der Waals surface area contributed by atoms with E-state index in [0.717, 1.165) is 0 Å². The molecule has 0 spiro atoms. The van der Waals surface area contributed by atoms with Crippen LogP contribution in [0.4, 0.5) is 0 Å². The standard InChI is InChI=1S/C9H19NO/c1-7(2)10-9(3,6-11)8-4-5-8/h7-8,10-11H,4-6H2,1-3H3. The van der Waals surface area contributed by atoms with Crippen molar-refractivity contribution in [3.05, 3.63) is 0 Å². The van der Waals surface area contributed by atoms with Gasteiger partial charge in [-0.15, -0.1) is 0 Å². The summed E-state index contributed by atoms with van der Waals surface area (Å²) in [4.78, 5) is 0. The van der Waals surface area contributed by atoms with Crippen molar-refractivity contribution in [1.29, 1.82) is 0 Å². The molecule has 0 amide bonds. The van der Waals surface area contributed by atoms with Crippen molar-refractivity contribution in [2.24, 2.45) is 5.92 Å². The summed E-state index contributed by atoms with van der Waals surface area (Å²) in [5.41, 5.74) is -0.0197. The molecule has 0 aliphatic heterocycles. The van der Waals surface area contributed by atoms with Crippen LogP contribution in [0, 0.1) is 5.92 Å². The Morgan fingerprint density at radius 1 is 1.55 bits per heavy atom. The van der Waals surface area contributed by atoms with Crippen LogP contribution in [0.2, 0.25) is 0 Å². The van der Waals surface area contributed by atoms with Gasteiger partial charge >= 0.3 is 0 Å². The van der Waals surface area contributed by atoms with Gasteiger partial charge in [0.15, 0.2) is 0 Å². The second-order valence-electron chi connectivity index (χ2n) is 4.15. The molecule has 1 saturated carbocycles. The van der Waals surface area contributed by atoms with Crippen LogP contribution in [0.5, 0.6) is 0 Å². The molecule has 2 nitrogen and oxygen atoms in total. The molecule has 0 radical (unpaired) electrons. The molecule has 1 aliphatic carbocycles. The summed E-state index contributed by atoms with van der Waals surface area (Å²) in [6.45, 7) is 6.62. The zero-order valence-electron chi connectivity index (χ0n) is 7.72. The second-order valence-corrected chi connectivity index (χ2v) is 4.15. The first-order valence-electron chi connectivity index (χ1n) is 4.47. The molecule has 0 saturated heterocycles. The van der Waals surface area contributed by atoms with Crippen molar-refractivity contribution in [1.82, 2.24) is 5.32 Å². The average molecular weight is 157 g/mol. The minimum absolute atomic E-state index is 0.0197. The molecule has 0 aromatic heterocycles. The normalized spacial score (nSPS) is 23.7. The molecule has 0 aromatic rings. The van der Waals surface area contributed by atoms with Crippen LogP contribution in [0.1, 0.15) is 33.6 Å². The number of rotatable bonds is 4. The fraction of sp³-hybridized carbons (Fsp3) is 1.00. The van der Waals surface area contributed by atoms with Crippen LogP contribution in [0.3, 0.4) is 0 Å². The monoisotopic (exact) mass is 157 g/mol. The predicted octanol–water partition coefficient (Wildman–Crippen LogP) is 1.15. The lowest BCUT2D eigenvalue weighted by atomic mass is 9.96. The van der Waals surface area contributed by atoms with Crippen LogP contribution in [0.25, 0.3) is 0 Å². The summed E-state index contributed by atoms with van der Waals surface area (Å²) in [5.74, 6) is 0.704. The third kappa shape index (κ3) is 2.17. The van der Waals surface area contributed by atoms with E-state index in [1.54, 1.807) is 0 Å². The van der Waals surface area contributed by atoms with E-state index >= 15 is 0 Å². The lowest BCUT2D eigenvalue weighted by Crippen LogP contribution is -2.50. The molecule has 1 rings (SSSR count). The van der Waals surface area contributed by atoms with Crippen molar-refractivity contribution in [3.8, 4) is 0 Å². The SMILES string of the molecule is CC(C)NC(C)(CO)C1CC1. The Morgan fingerprint density at radius 3 is 2.36 bits per heavy atom. The second kappa shape index (κ2) is 3.11. The molecular formula is C9H19NO. The first kappa shape index (κ1) is 9.01. The molecule has 2 heteroatoms. The maximum absolute atomic E-state index is 9.18. The van der Waals surface area contributed by atoms with Gasteiger partial charge in [-0.3, -0.25) is 0 Å². The van der Waals surface area contributed by atoms with Crippen LogP contribution < -0.4 is 5.32 Å². The number of nitrogens with one attached hydrogen (secondary N) is 1. The number of aliphatic hydroxyl groups is 1. The molecular weight excluding hydrogens is 138 g/mol. The van der Waals surface area contributed by atoms with Crippen LogP contribution >= 0.6 is 0 Å².